The molecular formula is C14H21N3O2. The van der Waals surface area contributed by atoms with Crippen molar-refractivity contribution >= 4 is 11.4 Å². The molecule has 0 bridgehead atoms. The molecule has 5 nitrogen and oxygen atoms in total. The van der Waals surface area contributed by atoms with Gasteiger partial charge in [-0.2, -0.15) is 0 Å². The molecule has 1 N–H and O–H groups in total. The second-order valence-corrected chi connectivity index (χ2v) is 5.48. The van der Waals surface area contributed by atoms with E-state index in [0.29, 0.717) is 0 Å². The van der Waals surface area contributed by atoms with Crippen LogP contribution in [0.25, 0.3) is 0 Å². The normalized spacial score (nSPS) is 17.6. The van der Waals surface area contributed by atoms with Crippen LogP contribution in [0.4, 0.5) is 11.4 Å². The molecule has 0 radical (unpaired) electrons. The van der Waals surface area contributed by atoms with Gasteiger partial charge in [-0.3, -0.25) is 10.1 Å². The first-order chi connectivity index (χ1) is 9.03. The average molecular weight is 263 g/mol. The third kappa shape index (κ3) is 3.04. The lowest BCUT2D eigenvalue weighted by Crippen LogP contribution is -2.47. The summed E-state index contributed by atoms with van der Waals surface area (Å²) < 4.78 is 0. The van der Waals surface area contributed by atoms with Crippen LogP contribution in [0.2, 0.25) is 0 Å². The van der Waals surface area contributed by atoms with Crippen molar-refractivity contribution in [1.29, 1.82) is 0 Å². The van der Waals surface area contributed by atoms with E-state index >= 15 is 0 Å². The van der Waals surface area contributed by atoms with E-state index in [-0.39, 0.29) is 16.1 Å². The second-order valence-electron chi connectivity index (χ2n) is 5.48. The molecule has 0 unspecified atom stereocenters. The number of nitro groups is 1. The number of nitrogens with one attached hydrogen (secondary N) is 1. The fraction of sp³-hybridized carbons (Fsp3) is 0.571. The molecule has 0 saturated heterocycles. The van der Waals surface area contributed by atoms with Gasteiger partial charge in [-0.05, 0) is 39.1 Å². The Balaban J connectivity index is 1.99. The second kappa shape index (κ2) is 5.57. The summed E-state index contributed by atoms with van der Waals surface area (Å²) in [6.07, 6.45) is 4.97. The van der Waals surface area contributed by atoms with E-state index in [0.717, 1.165) is 12.2 Å². The third-order valence-electron chi connectivity index (χ3n) is 4.18. The minimum absolute atomic E-state index is 0.133. The van der Waals surface area contributed by atoms with Crippen molar-refractivity contribution in [3.8, 4) is 0 Å². The van der Waals surface area contributed by atoms with Gasteiger partial charge in [0.05, 0.1) is 4.92 Å². The van der Waals surface area contributed by atoms with Crippen LogP contribution in [-0.4, -0.2) is 36.0 Å². The molecule has 0 aliphatic heterocycles. The fourth-order valence-corrected chi connectivity index (χ4v) is 2.78. The molecule has 5 heteroatoms. The Morgan fingerprint density at radius 1 is 1.26 bits per heavy atom. The third-order valence-corrected chi connectivity index (χ3v) is 4.18. The lowest BCUT2D eigenvalue weighted by molar-refractivity contribution is -0.384. The van der Waals surface area contributed by atoms with Crippen molar-refractivity contribution in [2.24, 2.45) is 0 Å². The van der Waals surface area contributed by atoms with Crippen molar-refractivity contribution in [1.82, 2.24) is 4.90 Å². The summed E-state index contributed by atoms with van der Waals surface area (Å²) in [5.74, 6) is 0. The van der Waals surface area contributed by atoms with Crippen LogP contribution in [0.15, 0.2) is 24.3 Å². The fourth-order valence-electron chi connectivity index (χ4n) is 2.78. The first-order valence-electron chi connectivity index (χ1n) is 6.69. The molecule has 0 atom stereocenters. The number of likely N-dealkylation sites (N-methyl/N-ethyl adjacent to an activating group) is 1. The topological polar surface area (TPSA) is 58.4 Å². The standard InChI is InChI=1S/C14H21N3O2/c1-16(2)14(9-3-4-10-14)11-15-12-5-7-13(8-6-12)17(18)19/h5-8,15H,3-4,9-11H2,1-2H3. The van der Waals surface area contributed by atoms with Crippen molar-refractivity contribution in [2.75, 3.05) is 26.0 Å². The van der Waals surface area contributed by atoms with E-state index in [9.17, 15) is 10.1 Å². The molecule has 0 spiro atoms. The molecular weight excluding hydrogens is 242 g/mol. The first kappa shape index (κ1) is 13.8. The highest BCUT2D eigenvalue weighted by atomic mass is 16.6. The van der Waals surface area contributed by atoms with Gasteiger partial charge in [-0.25, -0.2) is 0 Å². The Labute approximate surface area is 113 Å². The zero-order valence-corrected chi connectivity index (χ0v) is 11.6. The van der Waals surface area contributed by atoms with Gasteiger partial charge >= 0.3 is 0 Å². The Morgan fingerprint density at radius 3 is 2.32 bits per heavy atom. The summed E-state index contributed by atoms with van der Waals surface area (Å²) in [6.45, 7) is 0.887. The summed E-state index contributed by atoms with van der Waals surface area (Å²) in [5, 5.41) is 14.0. The monoisotopic (exact) mass is 263 g/mol. The number of benzene rings is 1. The summed E-state index contributed by atoms with van der Waals surface area (Å²) >= 11 is 0. The summed E-state index contributed by atoms with van der Waals surface area (Å²) in [7, 11) is 4.26. The van der Waals surface area contributed by atoms with Gasteiger partial charge in [0.25, 0.3) is 5.69 Å². The van der Waals surface area contributed by atoms with Crippen molar-refractivity contribution in [3.05, 3.63) is 34.4 Å². The van der Waals surface area contributed by atoms with Gasteiger partial charge in [0, 0.05) is 29.9 Å². The molecule has 1 aliphatic carbocycles. The number of anilines is 1. The van der Waals surface area contributed by atoms with Gasteiger partial charge in [0.2, 0.25) is 0 Å². The number of nitrogens with zero attached hydrogens (tertiary/aromatic N) is 2. The highest BCUT2D eigenvalue weighted by Gasteiger charge is 2.35. The van der Waals surface area contributed by atoms with Gasteiger partial charge in [0.15, 0.2) is 0 Å². The number of hydrogen-bond donors (Lipinski definition) is 1. The number of nitro benzene ring substituents is 1. The van der Waals surface area contributed by atoms with Crippen LogP contribution in [0, 0.1) is 10.1 Å². The summed E-state index contributed by atoms with van der Waals surface area (Å²) in [4.78, 5) is 12.5. The average Bonchev–Trinajstić information content (AvgIpc) is 2.87. The largest absolute Gasteiger partial charge is 0.383 e. The minimum Gasteiger partial charge on any atom is -0.383 e. The number of hydrogen-bond acceptors (Lipinski definition) is 4. The molecule has 0 aromatic heterocycles. The molecule has 1 aromatic carbocycles. The predicted molar refractivity (Wildman–Crippen MR) is 76.5 cm³/mol. The van der Waals surface area contributed by atoms with E-state index in [1.807, 2.05) is 0 Å². The first-order valence-corrected chi connectivity index (χ1v) is 6.69. The highest BCUT2D eigenvalue weighted by molar-refractivity contribution is 5.48. The van der Waals surface area contributed by atoms with Crippen LogP contribution in [0.1, 0.15) is 25.7 Å². The lowest BCUT2D eigenvalue weighted by Gasteiger charge is -2.36. The van der Waals surface area contributed by atoms with Gasteiger partial charge in [-0.1, -0.05) is 12.8 Å². The Morgan fingerprint density at radius 2 is 1.84 bits per heavy atom. The lowest BCUT2D eigenvalue weighted by atomic mass is 9.96. The number of non-ortho nitro benzene ring substituents is 1. The van der Waals surface area contributed by atoms with Gasteiger partial charge in [-0.15, -0.1) is 0 Å². The quantitative estimate of drug-likeness (QED) is 0.655. The van der Waals surface area contributed by atoms with E-state index < -0.39 is 0 Å². The maximum absolute atomic E-state index is 10.6. The maximum Gasteiger partial charge on any atom is 0.269 e. The van der Waals surface area contributed by atoms with Crippen LogP contribution in [0.5, 0.6) is 0 Å². The van der Waals surface area contributed by atoms with Gasteiger partial charge in [0.1, 0.15) is 0 Å². The Kier molecular flexibility index (Phi) is 4.04. The van der Waals surface area contributed by atoms with Crippen LogP contribution in [-0.2, 0) is 0 Å². The summed E-state index contributed by atoms with van der Waals surface area (Å²) in [5.41, 5.74) is 1.30. The molecule has 1 fully saturated rings. The molecule has 2 rings (SSSR count). The van der Waals surface area contributed by atoms with E-state index in [4.69, 9.17) is 0 Å². The number of rotatable bonds is 5. The van der Waals surface area contributed by atoms with Crippen LogP contribution < -0.4 is 5.32 Å². The molecule has 0 heterocycles. The SMILES string of the molecule is CN(C)C1(CNc2ccc([N+](=O)[O-])cc2)CCCC1. The predicted octanol–water partition coefficient (Wildman–Crippen LogP) is 2.88. The van der Waals surface area contributed by atoms with Crippen LogP contribution >= 0.6 is 0 Å². The van der Waals surface area contributed by atoms with E-state index in [2.05, 4.69) is 24.3 Å². The van der Waals surface area contributed by atoms with Crippen molar-refractivity contribution < 1.29 is 4.92 Å². The van der Waals surface area contributed by atoms with Gasteiger partial charge < -0.3 is 10.2 Å². The molecule has 1 saturated carbocycles. The molecule has 104 valence electrons. The molecule has 19 heavy (non-hydrogen) atoms. The van der Waals surface area contributed by atoms with E-state index in [1.165, 1.54) is 25.7 Å². The minimum atomic E-state index is -0.373. The highest BCUT2D eigenvalue weighted by Crippen LogP contribution is 2.34. The van der Waals surface area contributed by atoms with E-state index in [1.54, 1.807) is 24.3 Å². The molecule has 1 aliphatic rings. The zero-order valence-electron chi connectivity index (χ0n) is 11.6. The smallest absolute Gasteiger partial charge is 0.269 e. The summed E-state index contributed by atoms with van der Waals surface area (Å²) in [6, 6.07) is 6.63. The Bertz CT molecular complexity index is 437. The maximum atomic E-state index is 10.6. The van der Waals surface area contributed by atoms with Crippen molar-refractivity contribution in [2.45, 2.75) is 31.2 Å². The van der Waals surface area contributed by atoms with Crippen molar-refractivity contribution in [3.63, 3.8) is 0 Å². The molecule has 1 aromatic rings. The molecule has 0 amide bonds. The Hall–Kier alpha value is -1.62. The zero-order chi connectivity index (χ0) is 13.9. The van der Waals surface area contributed by atoms with Crippen LogP contribution in [0.3, 0.4) is 0 Å².